The van der Waals surface area contributed by atoms with E-state index in [1.165, 1.54) is 0 Å². The Hall–Kier alpha value is -1.30. The fourth-order valence-corrected chi connectivity index (χ4v) is 1.78. The number of nitrogens with one attached hydrogen (secondary N) is 2. The Morgan fingerprint density at radius 3 is 2.88 bits per heavy atom. The highest BCUT2D eigenvalue weighted by atomic mass is 16.5. The van der Waals surface area contributed by atoms with Crippen molar-refractivity contribution in [1.82, 2.24) is 10.6 Å². The topological polar surface area (TPSA) is 93.4 Å². The molecule has 92 valence electrons. The highest BCUT2D eigenvalue weighted by Crippen LogP contribution is 2.25. The van der Waals surface area contributed by atoms with Gasteiger partial charge >= 0.3 is 6.09 Å². The minimum Gasteiger partial charge on any atom is -0.448 e. The van der Waals surface area contributed by atoms with Crippen LogP contribution in [0.5, 0.6) is 0 Å². The van der Waals surface area contributed by atoms with Gasteiger partial charge in [-0.15, -0.1) is 0 Å². The van der Waals surface area contributed by atoms with Crippen LogP contribution in [0.2, 0.25) is 0 Å². The third-order valence-corrected chi connectivity index (χ3v) is 2.78. The first-order valence-electron chi connectivity index (χ1n) is 5.46. The van der Waals surface area contributed by atoms with Gasteiger partial charge in [0.05, 0.1) is 12.0 Å². The number of amides is 2. The quantitative estimate of drug-likeness (QED) is 0.571. The van der Waals surface area contributed by atoms with Gasteiger partial charge in [-0.25, -0.2) is 4.79 Å². The second-order valence-electron chi connectivity index (χ2n) is 4.26. The molecule has 0 radical (unpaired) electrons. The third-order valence-electron chi connectivity index (χ3n) is 2.78. The van der Waals surface area contributed by atoms with Gasteiger partial charge < -0.3 is 21.1 Å². The lowest BCUT2D eigenvalue weighted by Crippen LogP contribution is -2.49. The third kappa shape index (κ3) is 3.69. The number of carbonyl (C=O) groups is 2. The molecule has 0 bridgehead atoms. The van der Waals surface area contributed by atoms with Crippen LogP contribution < -0.4 is 16.4 Å². The molecule has 6 heteroatoms. The fourth-order valence-electron chi connectivity index (χ4n) is 1.78. The Bertz CT molecular complexity index is 262. The molecule has 1 aliphatic heterocycles. The first kappa shape index (κ1) is 12.8. The number of primary amides is 1. The van der Waals surface area contributed by atoms with E-state index in [0.29, 0.717) is 13.1 Å². The van der Waals surface area contributed by atoms with Gasteiger partial charge in [0, 0.05) is 6.54 Å². The summed E-state index contributed by atoms with van der Waals surface area (Å²) in [4.78, 5) is 22.1. The molecule has 0 aliphatic carbocycles. The van der Waals surface area contributed by atoms with Gasteiger partial charge in [0.2, 0.25) is 5.91 Å². The molecule has 6 nitrogen and oxygen atoms in total. The molecule has 1 rings (SSSR count). The second kappa shape index (κ2) is 5.69. The van der Waals surface area contributed by atoms with Crippen molar-refractivity contribution >= 4 is 12.0 Å². The van der Waals surface area contributed by atoms with Crippen molar-refractivity contribution in [1.29, 1.82) is 0 Å². The van der Waals surface area contributed by atoms with Crippen LogP contribution in [0.1, 0.15) is 19.8 Å². The molecule has 0 saturated carbocycles. The second-order valence-corrected chi connectivity index (χ2v) is 4.26. The van der Waals surface area contributed by atoms with Crippen molar-refractivity contribution in [3.8, 4) is 0 Å². The summed E-state index contributed by atoms with van der Waals surface area (Å²) in [7, 11) is 0. The largest absolute Gasteiger partial charge is 0.448 e. The van der Waals surface area contributed by atoms with E-state index in [2.05, 4.69) is 15.4 Å². The molecule has 4 N–H and O–H groups in total. The number of rotatable bonds is 4. The van der Waals surface area contributed by atoms with Crippen molar-refractivity contribution in [3.63, 3.8) is 0 Å². The first-order chi connectivity index (χ1) is 7.54. The minimum atomic E-state index is -0.820. The van der Waals surface area contributed by atoms with E-state index in [-0.39, 0.29) is 17.9 Å². The summed E-state index contributed by atoms with van der Waals surface area (Å²) < 4.78 is 4.52. The first-order valence-corrected chi connectivity index (χ1v) is 5.46. The molecule has 0 aromatic heterocycles. The van der Waals surface area contributed by atoms with Crippen molar-refractivity contribution < 1.29 is 14.3 Å². The molecule has 16 heavy (non-hydrogen) atoms. The average Bonchev–Trinajstić information content (AvgIpc) is 2.25. The summed E-state index contributed by atoms with van der Waals surface area (Å²) in [6.07, 6.45) is 1.06. The summed E-state index contributed by atoms with van der Waals surface area (Å²) in [5.74, 6) is -0.00669. The van der Waals surface area contributed by atoms with E-state index in [4.69, 9.17) is 5.73 Å². The van der Waals surface area contributed by atoms with Crippen LogP contribution >= 0.6 is 0 Å². The van der Waals surface area contributed by atoms with Crippen LogP contribution in [-0.4, -0.2) is 38.2 Å². The van der Waals surface area contributed by atoms with Gasteiger partial charge in [-0.05, 0) is 26.3 Å². The standard InChI is InChI=1S/C10H19N3O3/c1-10(3-2-4-12-7-10)8(14)13-5-6-16-9(11)15/h12H,2-7H2,1H3,(H2,11,15)(H,13,14). The lowest BCUT2D eigenvalue weighted by atomic mass is 9.82. The molecule has 0 spiro atoms. The zero-order valence-electron chi connectivity index (χ0n) is 9.54. The van der Waals surface area contributed by atoms with Crippen molar-refractivity contribution in [3.05, 3.63) is 0 Å². The Labute approximate surface area is 94.9 Å². The van der Waals surface area contributed by atoms with E-state index in [1.807, 2.05) is 6.92 Å². The van der Waals surface area contributed by atoms with Crippen LogP contribution in [-0.2, 0) is 9.53 Å². The van der Waals surface area contributed by atoms with E-state index < -0.39 is 6.09 Å². The molecule has 0 aromatic rings. The van der Waals surface area contributed by atoms with Crippen molar-refractivity contribution in [2.75, 3.05) is 26.2 Å². The number of hydrogen-bond acceptors (Lipinski definition) is 4. The smallest absolute Gasteiger partial charge is 0.404 e. The zero-order valence-corrected chi connectivity index (χ0v) is 9.54. The minimum absolute atomic E-state index is 0.00669. The van der Waals surface area contributed by atoms with E-state index in [9.17, 15) is 9.59 Å². The predicted octanol–water partition coefficient (Wildman–Crippen LogP) is -0.412. The van der Waals surface area contributed by atoms with Gasteiger partial charge in [-0.3, -0.25) is 4.79 Å². The van der Waals surface area contributed by atoms with Crippen molar-refractivity contribution in [2.45, 2.75) is 19.8 Å². The average molecular weight is 229 g/mol. The van der Waals surface area contributed by atoms with Gasteiger partial charge in [0.1, 0.15) is 6.61 Å². The van der Waals surface area contributed by atoms with Crippen LogP contribution in [0, 0.1) is 5.41 Å². The van der Waals surface area contributed by atoms with Crippen LogP contribution in [0.25, 0.3) is 0 Å². The lowest BCUT2D eigenvalue weighted by molar-refractivity contribution is -0.131. The number of nitrogens with two attached hydrogens (primary N) is 1. The van der Waals surface area contributed by atoms with Crippen LogP contribution in [0.4, 0.5) is 4.79 Å². The van der Waals surface area contributed by atoms with E-state index in [0.717, 1.165) is 19.4 Å². The molecule has 0 aromatic carbocycles. The summed E-state index contributed by atoms with van der Waals surface area (Å²) in [5, 5.41) is 5.94. The molecule has 1 heterocycles. The Balaban J connectivity index is 2.25. The highest BCUT2D eigenvalue weighted by molar-refractivity contribution is 5.82. The summed E-state index contributed by atoms with van der Waals surface area (Å²) >= 11 is 0. The number of hydrogen-bond donors (Lipinski definition) is 3. The van der Waals surface area contributed by atoms with Gasteiger partial charge in [-0.1, -0.05) is 0 Å². The number of piperidine rings is 1. The van der Waals surface area contributed by atoms with Gasteiger partial charge in [0.15, 0.2) is 0 Å². The Kier molecular flexibility index (Phi) is 4.54. The maximum Gasteiger partial charge on any atom is 0.404 e. The van der Waals surface area contributed by atoms with Gasteiger partial charge in [0.25, 0.3) is 0 Å². The molecule has 1 saturated heterocycles. The molecule has 1 aliphatic rings. The highest BCUT2D eigenvalue weighted by Gasteiger charge is 2.34. The van der Waals surface area contributed by atoms with E-state index >= 15 is 0 Å². The maximum absolute atomic E-state index is 11.8. The Morgan fingerprint density at radius 2 is 2.31 bits per heavy atom. The number of ether oxygens (including phenoxy) is 1. The molecular weight excluding hydrogens is 210 g/mol. The molecule has 2 amide bonds. The lowest BCUT2D eigenvalue weighted by Gasteiger charge is -2.32. The molecule has 1 fully saturated rings. The fraction of sp³-hybridized carbons (Fsp3) is 0.800. The Morgan fingerprint density at radius 1 is 1.56 bits per heavy atom. The molecular formula is C10H19N3O3. The van der Waals surface area contributed by atoms with E-state index in [1.54, 1.807) is 0 Å². The molecule has 1 unspecified atom stereocenters. The maximum atomic E-state index is 11.8. The monoisotopic (exact) mass is 229 g/mol. The summed E-state index contributed by atoms with van der Waals surface area (Å²) in [6.45, 7) is 4.01. The normalized spacial score (nSPS) is 24.8. The van der Waals surface area contributed by atoms with Crippen LogP contribution in [0.3, 0.4) is 0 Å². The summed E-state index contributed by atoms with van der Waals surface area (Å²) in [5.41, 5.74) is 4.44. The SMILES string of the molecule is CC1(C(=O)NCCOC(N)=O)CCCNC1. The number of carbonyl (C=O) groups excluding carboxylic acids is 2. The summed E-state index contributed by atoms with van der Waals surface area (Å²) in [6, 6.07) is 0. The zero-order chi connectivity index (χ0) is 12.0. The predicted molar refractivity (Wildman–Crippen MR) is 58.8 cm³/mol. The van der Waals surface area contributed by atoms with Crippen molar-refractivity contribution in [2.24, 2.45) is 11.1 Å². The van der Waals surface area contributed by atoms with Crippen LogP contribution in [0.15, 0.2) is 0 Å². The molecule has 1 atom stereocenters. The van der Waals surface area contributed by atoms with Gasteiger partial charge in [-0.2, -0.15) is 0 Å².